The van der Waals surface area contributed by atoms with E-state index in [0.717, 1.165) is 10.6 Å². The maximum Gasteiger partial charge on any atom is 0.0441 e. The van der Waals surface area contributed by atoms with Gasteiger partial charge in [0.05, 0.1) is 0 Å². The molecule has 0 heterocycles. The van der Waals surface area contributed by atoms with Crippen LogP contribution in [0.3, 0.4) is 0 Å². The number of halogens is 2. The van der Waals surface area contributed by atoms with Gasteiger partial charge in [-0.05, 0) is 23.5 Å². The molecule has 0 aliphatic carbocycles. The molecule has 0 fully saturated rings. The first-order valence-corrected chi connectivity index (χ1v) is 5.74. The maximum absolute atomic E-state index is 6.31. The minimum atomic E-state index is 0.134. The number of rotatable bonds is 3. The predicted molar refractivity (Wildman–Crippen MR) is 64.3 cm³/mol. The molecule has 0 radical (unpaired) electrons. The van der Waals surface area contributed by atoms with Gasteiger partial charge in [0.15, 0.2) is 0 Å². The first kappa shape index (κ1) is 11.9. The summed E-state index contributed by atoms with van der Waals surface area (Å²) < 4.78 is 0. The van der Waals surface area contributed by atoms with Crippen LogP contribution in [0.5, 0.6) is 0 Å². The second-order valence-electron chi connectivity index (χ2n) is 4.00. The van der Waals surface area contributed by atoms with Crippen molar-refractivity contribution >= 4 is 23.2 Å². The van der Waals surface area contributed by atoms with E-state index in [0.29, 0.717) is 11.8 Å². The lowest BCUT2D eigenvalue weighted by atomic mass is 9.91. The summed E-state index contributed by atoms with van der Waals surface area (Å²) in [6.45, 7) is 6.38. The Balaban J connectivity index is 2.89. The zero-order valence-electron chi connectivity index (χ0n) is 8.80. The van der Waals surface area contributed by atoms with Crippen LogP contribution < -0.4 is 0 Å². The minimum absolute atomic E-state index is 0.134. The summed E-state index contributed by atoms with van der Waals surface area (Å²) in [5.41, 5.74) is 1.14. The Morgan fingerprint density at radius 2 is 1.64 bits per heavy atom. The molecule has 14 heavy (non-hydrogen) atoms. The number of alkyl halides is 1. The normalized spacial score (nSPS) is 15.6. The highest BCUT2D eigenvalue weighted by Gasteiger charge is 2.21. The Morgan fingerprint density at radius 1 is 1.07 bits per heavy atom. The highest BCUT2D eigenvalue weighted by atomic mass is 35.5. The van der Waals surface area contributed by atoms with E-state index >= 15 is 0 Å². The van der Waals surface area contributed by atoms with Gasteiger partial charge in [0.25, 0.3) is 0 Å². The largest absolute Gasteiger partial charge is 0.122 e. The van der Waals surface area contributed by atoms with Crippen molar-refractivity contribution in [2.24, 2.45) is 5.92 Å². The number of hydrogen-bond donors (Lipinski definition) is 0. The van der Waals surface area contributed by atoms with Gasteiger partial charge in [0, 0.05) is 10.4 Å². The molecule has 0 bridgehead atoms. The van der Waals surface area contributed by atoms with Gasteiger partial charge < -0.3 is 0 Å². The SMILES string of the molecule is CC(C)C(Cl)C(C)c1ccccc1Cl. The molecule has 1 aromatic carbocycles. The lowest BCUT2D eigenvalue weighted by Crippen LogP contribution is -2.16. The van der Waals surface area contributed by atoms with Crippen LogP contribution in [0.1, 0.15) is 32.3 Å². The van der Waals surface area contributed by atoms with Crippen LogP contribution in [-0.4, -0.2) is 5.38 Å². The monoisotopic (exact) mass is 230 g/mol. The van der Waals surface area contributed by atoms with Crippen molar-refractivity contribution in [3.8, 4) is 0 Å². The molecule has 0 aliphatic rings. The topological polar surface area (TPSA) is 0 Å². The van der Waals surface area contributed by atoms with E-state index in [1.165, 1.54) is 0 Å². The van der Waals surface area contributed by atoms with E-state index < -0.39 is 0 Å². The Kier molecular flexibility index (Phi) is 4.28. The summed E-state index contributed by atoms with van der Waals surface area (Å²) in [7, 11) is 0. The predicted octanol–water partition coefficient (Wildman–Crippen LogP) is 4.71. The van der Waals surface area contributed by atoms with Crippen molar-refractivity contribution in [3.63, 3.8) is 0 Å². The molecule has 1 rings (SSSR count). The summed E-state index contributed by atoms with van der Waals surface area (Å²) in [6, 6.07) is 7.90. The van der Waals surface area contributed by atoms with E-state index in [2.05, 4.69) is 20.8 Å². The molecule has 2 unspecified atom stereocenters. The van der Waals surface area contributed by atoms with Gasteiger partial charge >= 0.3 is 0 Å². The lowest BCUT2D eigenvalue weighted by Gasteiger charge is -2.22. The van der Waals surface area contributed by atoms with Crippen LogP contribution in [0.2, 0.25) is 5.02 Å². The first-order chi connectivity index (χ1) is 6.54. The third-order valence-electron chi connectivity index (χ3n) is 2.51. The zero-order chi connectivity index (χ0) is 10.7. The summed E-state index contributed by atoms with van der Waals surface area (Å²) in [5, 5.41) is 0.946. The van der Waals surface area contributed by atoms with E-state index in [-0.39, 0.29) is 5.38 Å². The third kappa shape index (κ3) is 2.65. The second-order valence-corrected chi connectivity index (χ2v) is 4.91. The van der Waals surface area contributed by atoms with Crippen molar-refractivity contribution in [1.82, 2.24) is 0 Å². The molecule has 0 saturated carbocycles. The fourth-order valence-corrected chi connectivity index (χ4v) is 2.04. The Bertz CT molecular complexity index is 294. The van der Waals surface area contributed by atoms with Crippen LogP contribution in [0.15, 0.2) is 24.3 Å². The fourth-order valence-electron chi connectivity index (χ4n) is 1.59. The van der Waals surface area contributed by atoms with Crippen molar-refractivity contribution < 1.29 is 0 Å². The highest BCUT2D eigenvalue weighted by Crippen LogP contribution is 2.32. The Labute approximate surface area is 96.2 Å². The maximum atomic E-state index is 6.31. The van der Waals surface area contributed by atoms with Crippen LogP contribution in [0, 0.1) is 5.92 Å². The van der Waals surface area contributed by atoms with Gasteiger partial charge in [-0.3, -0.25) is 0 Å². The molecular formula is C12H16Cl2. The summed E-state index contributed by atoms with van der Waals surface area (Å²) in [4.78, 5) is 0. The molecule has 2 heteroatoms. The van der Waals surface area contributed by atoms with Crippen LogP contribution in [0.25, 0.3) is 0 Å². The molecular weight excluding hydrogens is 215 g/mol. The summed E-state index contributed by atoms with van der Waals surface area (Å²) in [5.74, 6) is 0.758. The minimum Gasteiger partial charge on any atom is -0.122 e. The van der Waals surface area contributed by atoms with Gasteiger partial charge in [-0.15, -0.1) is 11.6 Å². The molecule has 2 atom stereocenters. The van der Waals surface area contributed by atoms with Crippen molar-refractivity contribution in [1.29, 1.82) is 0 Å². The van der Waals surface area contributed by atoms with Crippen LogP contribution in [-0.2, 0) is 0 Å². The summed E-state index contributed by atoms with van der Waals surface area (Å²) in [6.07, 6.45) is 0. The first-order valence-electron chi connectivity index (χ1n) is 4.92. The zero-order valence-corrected chi connectivity index (χ0v) is 10.3. The van der Waals surface area contributed by atoms with Gasteiger partial charge in [-0.1, -0.05) is 50.6 Å². The summed E-state index contributed by atoms with van der Waals surface area (Å²) >= 11 is 12.4. The quantitative estimate of drug-likeness (QED) is 0.661. The van der Waals surface area contributed by atoms with Gasteiger partial charge in [-0.2, -0.15) is 0 Å². The third-order valence-corrected chi connectivity index (χ3v) is 3.74. The average Bonchev–Trinajstić information content (AvgIpc) is 2.16. The molecule has 78 valence electrons. The molecule has 0 aromatic heterocycles. The van der Waals surface area contributed by atoms with Crippen molar-refractivity contribution in [2.45, 2.75) is 32.1 Å². The molecule has 0 aliphatic heterocycles. The van der Waals surface area contributed by atoms with E-state index in [1.54, 1.807) is 0 Å². The number of hydrogen-bond acceptors (Lipinski definition) is 0. The molecule has 0 spiro atoms. The van der Waals surface area contributed by atoms with Crippen LogP contribution >= 0.6 is 23.2 Å². The Hall–Kier alpha value is -0.200. The van der Waals surface area contributed by atoms with E-state index in [9.17, 15) is 0 Å². The van der Waals surface area contributed by atoms with Crippen molar-refractivity contribution in [2.75, 3.05) is 0 Å². The highest BCUT2D eigenvalue weighted by molar-refractivity contribution is 6.31. The lowest BCUT2D eigenvalue weighted by molar-refractivity contribution is 0.534. The molecule has 0 saturated heterocycles. The molecule has 0 N–H and O–H groups in total. The second kappa shape index (κ2) is 5.04. The molecule has 0 nitrogen and oxygen atoms in total. The van der Waals surface area contributed by atoms with Gasteiger partial charge in [-0.25, -0.2) is 0 Å². The van der Waals surface area contributed by atoms with Crippen molar-refractivity contribution in [3.05, 3.63) is 34.9 Å². The fraction of sp³-hybridized carbons (Fsp3) is 0.500. The standard InChI is InChI=1S/C12H16Cl2/c1-8(2)12(14)9(3)10-6-4-5-7-11(10)13/h4-9,12H,1-3H3. The van der Waals surface area contributed by atoms with Gasteiger partial charge in [0.2, 0.25) is 0 Å². The van der Waals surface area contributed by atoms with E-state index in [4.69, 9.17) is 23.2 Å². The van der Waals surface area contributed by atoms with Gasteiger partial charge in [0.1, 0.15) is 0 Å². The van der Waals surface area contributed by atoms with Crippen LogP contribution in [0.4, 0.5) is 0 Å². The number of benzene rings is 1. The smallest absolute Gasteiger partial charge is 0.0441 e. The molecule has 1 aromatic rings. The van der Waals surface area contributed by atoms with E-state index in [1.807, 2.05) is 24.3 Å². The Morgan fingerprint density at radius 3 is 2.14 bits per heavy atom. The average molecular weight is 231 g/mol. The molecule has 0 amide bonds.